The molecule has 2 aromatic carbocycles. The van der Waals surface area contributed by atoms with E-state index in [4.69, 9.17) is 16.2 Å². The molecule has 8 aliphatic carbocycles. The number of carbonyl (C=O) groups excluding carboxylic acids is 4. The van der Waals surface area contributed by atoms with Gasteiger partial charge in [0.15, 0.2) is 16.5 Å². The standard InChI is InChI=1S/C24H33FN2O5S.C23H31FN2O4S/c1-23(2,27(3)33(30,31)21-18(25)6-5-7-19(21)32-4)20(28)10-17-15-8-14-9-16(17)13-24(11-14,12-15)22(26)29;1-22(2,26(3)31(29,30)19-7-5-4-6-18(19)24)20(27)10-17-15-8-14-9-16(17)13-23(11-14,12-15)21(25)28/h5-7,14-17H,8-13H2,1-4H3,(H2,26,29);4-7,14-17H,8-13H2,1-3H3,(H2,25,28). The molecule has 0 aliphatic heterocycles. The lowest BCUT2D eigenvalue weighted by molar-refractivity contribution is -0.153. The number of amides is 2. The SMILES string of the molecule is CN(C(C)(C)C(=O)CC1C2CC3CC1CC(C(N)=O)(C3)C2)S(=O)(=O)c1ccccc1F.COc1cccc(F)c1S(=O)(=O)N(C)C(C)(C)C(=O)CC1C2CC3CC1CC(C(N)=O)(C3)C2. The van der Waals surface area contributed by atoms with E-state index in [0.717, 1.165) is 72.1 Å². The van der Waals surface area contributed by atoms with Crippen LogP contribution in [-0.4, -0.2) is 81.1 Å². The molecule has 0 saturated heterocycles. The molecule has 0 heterocycles. The first-order valence-corrected chi connectivity index (χ1v) is 25.3. The zero-order valence-electron chi connectivity index (χ0n) is 37.9. The fourth-order valence-electron chi connectivity index (χ4n) is 13.2. The number of rotatable bonds is 15. The summed E-state index contributed by atoms with van der Waals surface area (Å²) in [6, 6.07) is 9.00. The maximum atomic E-state index is 14.5. The van der Waals surface area contributed by atoms with Crippen molar-refractivity contribution in [2.75, 3.05) is 21.2 Å². The van der Waals surface area contributed by atoms with Gasteiger partial charge in [0.2, 0.25) is 31.9 Å². The van der Waals surface area contributed by atoms with Crippen LogP contribution in [0.15, 0.2) is 52.3 Å². The molecule has 2 amide bonds. The average molecular weight is 931 g/mol. The van der Waals surface area contributed by atoms with Crippen molar-refractivity contribution in [3.05, 3.63) is 54.1 Å². The van der Waals surface area contributed by atoms with Gasteiger partial charge in [-0.25, -0.2) is 25.6 Å². The van der Waals surface area contributed by atoms with Crippen LogP contribution in [0.25, 0.3) is 0 Å². The Balaban J connectivity index is 0.000000192. The molecule has 8 aliphatic rings. The summed E-state index contributed by atoms with van der Waals surface area (Å²) < 4.78 is 88.5. The number of halogens is 2. The first kappa shape index (κ1) is 48.1. The Bertz CT molecular complexity index is 2410. The summed E-state index contributed by atoms with van der Waals surface area (Å²) in [6.45, 7) is 6.27. The van der Waals surface area contributed by atoms with Gasteiger partial charge in [-0.05, 0) is 164 Å². The van der Waals surface area contributed by atoms with E-state index in [0.29, 0.717) is 24.7 Å². The monoisotopic (exact) mass is 930 g/mol. The van der Waals surface area contributed by atoms with Gasteiger partial charge in [0.25, 0.3) is 0 Å². The number of nitrogens with zero attached hydrogens (tertiary/aromatic N) is 2. The molecule has 4 unspecified atom stereocenters. The van der Waals surface area contributed by atoms with Crippen LogP contribution in [0.1, 0.15) is 105 Å². The van der Waals surface area contributed by atoms with E-state index in [1.165, 1.54) is 51.5 Å². The molecule has 8 fully saturated rings. The number of primary amides is 2. The molecule has 0 spiro atoms. The van der Waals surface area contributed by atoms with Crippen molar-refractivity contribution in [1.82, 2.24) is 8.61 Å². The second-order valence-electron chi connectivity index (χ2n) is 21.1. The van der Waals surface area contributed by atoms with E-state index in [1.807, 2.05) is 0 Å². The minimum Gasteiger partial charge on any atom is -0.495 e. The highest BCUT2D eigenvalue weighted by atomic mass is 32.2. The zero-order chi connectivity index (χ0) is 47.1. The van der Waals surface area contributed by atoms with E-state index in [9.17, 15) is 44.8 Å². The summed E-state index contributed by atoms with van der Waals surface area (Å²) >= 11 is 0. The number of hydrogen-bond donors (Lipinski definition) is 2. The van der Waals surface area contributed by atoms with E-state index < -0.39 is 63.4 Å². The van der Waals surface area contributed by atoms with Crippen molar-refractivity contribution < 1.29 is 49.5 Å². The lowest BCUT2D eigenvalue weighted by Gasteiger charge is -2.59. The van der Waals surface area contributed by atoms with Crippen molar-refractivity contribution in [3.8, 4) is 5.75 Å². The Labute approximate surface area is 376 Å². The molecule has 2 aromatic rings. The third kappa shape index (κ3) is 8.11. The van der Waals surface area contributed by atoms with Crippen LogP contribution < -0.4 is 16.2 Å². The largest absolute Gasteiger partial charge is 0.495 e. The summed E-state index contributed by atoms with van der Waals surface area (Å²) in [5, 5.41) is 0. The zero-order valence-corrected chi connectivity index (χ0v) is 39.6. The van der Waals surface area contributed by atoms with E-state index in [-0.39, 0.29) is 77.5 Å². The Morgan fingerprint density at radius 1 is 0.641 bits per heavy atom. The Kier molecular flexibility index (Phi) is 12.6. The Morgan fingerprint density at radius 2 is 1.03 bits per heavy atom. The van der Waals surface area contributed by atoms with Crippen molar-refractivity contribution in [2.24, 2.45) is 69.6 Å². The molecule has 17 heteroatoms. The van der Waals surface area contributed by atoms with Crippen LogP contribution in [0.2, 0.25) is 0 Å². The van der Waals surface area contributed by atoms with E-state index in [2.05, 4.69) is 0 Å². The van der Waals surface area contributed by atoms with Crippen LogP contribution >= 0.6 is 0 Å². The fourth-order valence-corrected chi connectivity index (χ4v) is 16.5. The topological polar surface area (TPSA) is 204 Å². The number of Topliss-reactive ketones (excluding diaryl/α,β-unsaturated/α-hetero) is 2. The fraction of sp³-hybridized carbons (Fsp3) is 0.660. The van der Waals surface area contributed by atoms with Crippen LogP contribution in [0.4, 0.5) is 8.78 Å². The van der Waals surface area contributed by atoms with Gasteiger partial charge in [-0.1, -0.05) is 18.2 Å². The number of hydrogen-bond acceptors (Lipinski definition) is 9. The summed E-state index contributed by atoms with van der Waals surface area (Å²) in [4.78, 5) is 50.2. The number of sulfonamides is 2. The summed E-state index contributed by atoms with van der Waals surface area (Å²) in [7, 11) is -4.62. The van der Waals surface area contributed by atoms with Gasteiger partial charge in [0.05, 0.1) is 18.2 Å². The minimum atomic E-state index is -4.35. The molecule has 352 valence electrons. The van der Waals surface area contributed by atoms with E-state index in [1.54, 1.807) is 27.7 Å². The quantitative estimate of drug-likeness (QED) is 0.207. The van der Waals surface area contributed by atoms with Gasteiger partial charge in [0, 0.05) is 37.8 Å². The van der Waals surface area contributed by atoms with Crippen LogP contribution in [0.3, 0.4) is 0 Å². The summed E-state index contributed by atoms with van der Waals surface area (Å²) in [5.74, 6) is -0.451. The first-order chi connectivity index (χ1) is 29.7. The molecule has 0 radical (unpaired) electrons. The van der Waals surface area contributed by atoms with Gasteiger partial charge in [-0.15, -0.1) is 0 Å². The maximum absolute atomic E-state index is 14.5. The number of benzene rings is 2. The molecule has 4 atom stereocenters. The molecule has 8 bridgehead atoms. The number of nitrogens with two attached hydrogens (primary N) is 2. The van der Waals surface area contributed by atoms with Gasteiger partial charge >= 0.3 is 0 Å². The van der Waals surface area contributed by atoms with Crippen molar-refractivity contribution in [1.29, 1.82) is 0 Å². The van der Waals surface area contributed by atoms with Crippen LogP contribution in [-0.2, 0) is 39.2 Å². The normalized spacial score (nSPS) is 31.7. The molecular weight excluding hydrogens is 867 g/mol. The second-order valence-corrected chi connectivity index (χ2v) is 24.9. The summed E-state index contributed by atoms with van der Waals surface area (Å²) in [6.07, 6.45) is 9.11. The van der Waals surface area contributed by atoms with Crippen molar-refractivity contribution in [2.45, 2.75) is 126 Å². The van der Waals surface area contributed by atoms with Crippen LogP contribution in [0.5, 0.6) is 5.75 Å². The van der Waals surface area contributed by atoms with Gasteiger partial charge < -0.3 is 16.2 Å². The molecule has 4 N–H and O–H groups in total. The highest BCUT2D eigenvalue weighted by Crippen LogP contribution is 2.64. The lowest BCUT2D eigenvalue weighted by Crippen LogP contribution is -2.57. The predicted molar refractivity (Wildman–Crippen MR) is 234 cm³/mol. The number of likely N-dealkylation sites (N-methyl/N-ethyl adjacent to an activating group) is 2. The molecule has 10 rings (SSSR count). The third-order valence-corrected chi connectivity index (χ3v) is 21.2. The summed E-state index contributed by atoms with van der Waals surface area (Å²) in [5.41, 5.74) is 7.95. The average Bonchev–Trinajstić information content (AvgIpc) is 3.22. The Hall–Kier alpha value is -3.80. The Morgan fingerprint density at radius 3 is 1.42 bits per heavy atom. The van der Waals surface area contributed by atoms with Crippen molar-refractivity contribution in [3.63, 3.8) is 0 Å². The minimum absolute atomic E-state index is 0.108. The highest BCUT2D eigenvalue weighted by Gasteiger charge is 2.60. The molecular formula is C47H64F2N4O9S2. The number of methoxy groups -OCH3 is 1. The van der Waals surface area contributed by atoms with E-state index >= 15 is 0 Å². The smallest absolute Gasteiger partial charge is 0.250 e. The number of ether oxygens (including phenoxy) is 1. The van der Waals surface area contributed by atoms with Crippen LogP contribution in [0, 0.1) is 69.8 Å². The molecule has 13 nitrogen and oxygen atoms in total. The van der Waals surface area contributed by atoms with Gasteiger partial charge in [-0.2, -0.15) is 8.61 Å². The first-order valence-electron chi connectivity index (χ1n) is 22.4. The van der Waals surface area contributed by atoms with Gasteiger partial charge in [0.1, 0.15) is 22.3 Å². The number of carbonyl (C=O) groups is 4. The maximum Gasteiger partial charge on any atom is 0.250 e. The van der Waals surface area contributed by atoms with Crippen molar-refractivity contribution >= 4 is 43.4 Å². The predicted octanol–water partition coefficient (Wildman–Crippen LogP) is 6.23. The molecule has 64 heavy (non-hydrogen) atoms. The molecule has 0 aromatic heterocycles. The van der Waals surface area contributed by atoms with Gasteiger partial charge in [-0.3, -0.25) is 19.2 Å². The highest BCUT2D eigenvalue weighted by molar-refractivity contribution is 7.89. The number of ketones is 2. The third-order valence-electron chi connectivity index (χ3n) is 17.0. The second kappa shape index (κ2) is 16.8. The lowest BCUT2D eigenvalue weighted by atomic mass is 9.45. The molecule has 8 saturated carbocycles.